The molecule has 0 unspecified atom stereocenters. The lowest BCUT2D eigenvalue weighted by Crippen LogP contribution is -2.05. The monoisotopic (exact) mass is 284 g/mol. The second kappa shape index (κ2) is 9.13. The van der Waals surface area contributed by atoms with Crippen LogP contribution in [0.15, 0.2) is 6.33 Å². The smallest absolute Gasteiger partial charge is 0.221 e. The van der Waals surface area contributed by atoms with E-state index in [1.54, 1.807) is 0 Å². The van der Waals surface area contributed by atoms with Crippen molar-refractivity contribution < 1.29 is 4.74 Å². The van der Waals surface area contributed by atoms with Crippen molar-refractivity contribution in [2.75, 3.05) is 6.61 Å². The van der Waals surface area contributed by atoms with Gasteiger partial charge in [0.2, 0.25) is 5.88 Å². The molecule has 0 atom stereocenters. The third-order valence-corrected chi connectivity index (χ3v) is 3.41. The van der Waals surface area contributed by atoms with Gasteiger partial charge in [0.05, 0.1) is 12.2 Å². The van der Waals surface area contributed by atoms with Crippen molar-refractivity contribution >= 4 is 11.6 Å². The Balaban J connectivity index is 2.35. The quantitative estimate of drug-likeness (QED) is 0.473. The number of aromatic nitrogens is 2. The maximum absolute atomic E-state index is 6.09. The lowest BCUT2D eigenvalue weighted by Gasteiger charge is -2.13. The van der Waals surface area contributed by atoms with Gasteiger partial charge < -0.3 is 4.74 Å². The highest BCUT2D eigenvalue weighted by Gasteiger charge is 2.14. The van der Waals surface area contributed by atoms with Gasteiger partial charge in [-0.15, -0.1) is 0 Å². The van der Waals surface area contributed by atoms with Crippen LogP contribution < -0.4 is 4.74 Å². The topological polar surface area (TPSA) is 35.0 Å². The van der Waals surface area contributed by atoms with Crippen molar-refractivity contribution in [3.8, 4) is 5.88 Å². The molecule has 3 nitrogen and oxygen atoms in total. The minimum atomic E-state index is 0.272. The van der Waals surface area contributed by atoms with E-state index in [4.69, 9.17) is 16.3 Å². The van der Waals surface area contributed by atoms with Gasteiger partial charge in [0.15, 0.2) is 0 Å². The van der Waals surface area contributed by atoms with E-state index in [-0.39, 0.29) is 5.92 Å². The molecule has 0 aliphatic heterocycles. The van der Waals surface area contributed by atoms with Crippen LogP contribution in [0.3, 0.4) is 0 Å². The Morgan fingerprint density at radius 2 is 1.79 bits per heavy atom. The van der Waals surface area contributed by atoms with E-state index in [0.29, 0.717) is 17.6 Å². The molecule has 108 valence electrons. The third-order valence-electron chi connectivity index (χ3n) is 3.11. The fourth-order valence-electron chi connectivity index (χ4n) is 2.01. The molecule has 0 amide bonds. The minimum absolute atomic E-state index is 0.272. The zero-order valence-corrected chi connectivity index (χ0v) is 13.0. The van der Waals surface area contributed by atoms with Crippen LogP contribution in [-0.4, -0.2) is 16.6 Å². The normalized spacial score (nSPS) is 11.0. The van der Waals surface area contributed by atoms with Crippen LogP contribution in [-0.2, 0) is 0 Å². The van der Waals surface area contributed by atoms with Crippen LogP contribution in [0.2, 0.25) is 5.15 Å². The number of halogens is 1. The fourth-order valence-corrected chi connectivity index (χ4v) is 2.35. The van der Waals surface area contributed by atoms with Gasteiger partial charge in [0.1, 0.15) is 11.5 Å². The molecule has 1 aromatic heterocycles. The molecular weight excluding hydrogens is 260 g/mol. The number of unbranched alkanes of at least 4 members (excludes halogenated alkanes) is 5. The zero-order valence-electron chi connectivity index (χ0n) is 12.3. The summed E-state index contributed by atoms with van der Waals surface area (Å²) in [6.07, 6.45) is 8.99. The van der Waals surface area contributed by atoms with E-state index in [9.17, 15) is 0 Å². The molecule has 0 N–H and O–H groups in total. The fraction of sp³-hybridized carbons (Fsp3) is 0.733. The predicted molar refractivity (Wildman–Crippen MR) is 80.0 cm³/mol. The minimum Gasteiger partial charge on any atom is -0.477 e. The van der Waals surface area contributed by atoms with E-state index in [2.05, 4.69) is 30.7 Å². The Kier molecular flexibility index (Phi) is 7.80. The lowest BCUT2D eigenvalue weighted by atomic mass is 10.1. The highest BCUT2D eigenvalue weighted by molar-refractivity contribution is 6.30. The number of ether oxygens (including phenoxy) is 1. The summed E-state index contributed by atoms with van der Waals surface area (Å²) in [4.78, 5) is 8.20. The van der Waals surface area contributed by atoms with E-state index in [0.717, 1.165) is 12.0 Å². The summed E-state index contributed by atoms with van der Waals surface area (Å²) in [7, 11) is 0. The molecule has 0 spiro atoms. The van der Waals surface area contributed by atoms with Gasteiger partial charge in [-0.2, -0.15) is 0 Å². The maximum Gasteiger partial charge on any atom is 0.221 e. The summed E-state index contributed by atoms with van der Waals surface area (Å²) in [5.74, 6) is 0.914. The Morgan fingerprint density at radius 1 is 1.11 bits per heavy atom. The van der Waals surface area contributed by atoms with Crippen molar-refractivity contribution in [3.05, 3.63) is 17.0 Å². The first kappa shape index (κ1) is 16.2. The zero-order chi connectivity index (χ0) is 14.1. The van der Waals surface area contributed by atoms with Gasteiger partial charge in [-0.3, -0.25) is 0 Å². The van der Waals surface area contributed by atoms with E-state index in [1.165, 1.54) is 38.4 Å². The molecule has 0 saturated heterocycles. The number of hydrogen-bond donors (Lipinski definition) is 0. The largest absolute Gasteiger partial charge is 0.477 e. The van der Waals surface area contributed by atoms with Gasteiger partial charge in [-0.1, -0.05) is 64.5 Å². The Bertz CT molecular complexity index is 369. The summed E-state index contributed by atoms with van der Waals surface area (Å²) in [5, 5.41) is 0.503. The molecular formula is C15H25ClN2O. The molecule has 0 aliphatic rings. The second-order valence-electron chi connectivity index (χ2n) is 5.15. The van der Waals surface area contributed by atoms with Gasteiger partial charge >= 0.3 is 0 Å². The standard InChI is InChI=1S/C15H25ClN2O/c1-4-5-6-7-8-9-10-19-15-13(12(2)3)14(16)17-11-18-15/h11-12H,4-10H2,1-3H3. The lowest BCUT2D eigenvalue weighted by molar-refractivity contribution is 0.288. The van der Waals surface area contributed by atoms with Gasteiger partial charge in [-0.05, 0) is 12.3 Å². The van der Waals surface area contributed by atoms with Crippen molar-refractivity contribution in [1.82, 2.24) is 9.97 Å². The van der Waals surface area contributed by atoms with E-state index >= 15 is 0 Å². The molecule has 0 aliphatic carbocycles. The molecule has 0 aromatic carbocycles. The van der Waals surface area contributed by atoms with Gasteiger partial charge in [-0.25, -0.2) is 9.97 Å². The molecule has 1 heterocycles. The maximum atomic E-state index is 6.09. The van der Waals surface area contributed by atoms with Crippen molar-refractivity contribution in [2.24, 2.45) is 0 Å². The molecule has 0 fully saturated rings. The Hall–Kier alpha value is -0.830. The molecule has 0 radical (unpaired) electrons. The van der Waals surface area contributed by atoms with Crippen LogP contribution in [0.4, 0.5) is 0 Å². The van der Waals surface area contributed by atoms with E-state index < -0.39 is 0 Å². The first-order chi connectivity index (χ1) is 9.16. The van der Waals surface area contributed by atoms with Crippen molar-refractivity contribution in [1.29, 1.82) is 0 Å². The third kappa shape index (κ3) is 5.77. The Labute approximate surface area is 121 Å². The summed E-state index contributed by atoms with van der Waals surface area (Å²) in [6, 6.07) is 0. The summed E-state index contributed by atoms with van der Waals surface area (Å²) >= 11 is 6.09. The predicted octanol–water partition coefficient (Wildman–Crippen LogP) is 4.99. The van der Waals surface area contributed by atoms with Crippen LogP contribution in [0.25, 0.3) is 0 Å². The molecule has 0 saturated carbocycles. The molecule has 1 aromatic rings. The molecule has 1 rings (SSSR count). The summed E-state index contributed by atoms with van der Waals surface area (Å²) in [5.41, 5.74) is 0.912. The first-order valence-electron chi connectivity index (χ1n) is 7.30. The van der Waals surface area contributed by atoms with Crippen molar-refractivity contribution in [3.63, 3.8) is 0 Å². The molecule has 4 heteroatoms. The van der Waals surface area contributed by atoms with Crippen LogP contribution in [0, 0.1) is 0 Å². The highest BCUT2D eigenvalue weighted by atomic mass is 35.5. The highest BCUT2D eigenvalue weighted by Crippen LogP contribution is 2.29. The van der Waals surface area contributed by atoms with Crippen LogP contribution in [0.5, 0.6) is 5.88 Å². The summed E-state index contributed by atoms with van der Waals surface area (Å²) in [6.45, 7) is 7.08. The van der Waals surface area contributed by atoms with E-state index in [1.807, 2.05) is 0 Å². The number of hydrogen-bond acceptors (Lipinski definition) is 3. The average Bonchev–Trinajstić information content (AvgIpc) is 2.37. The number of nitrogens with zero attached hydrogens (tertiary/aromatic N) is 2. The molecule has 19 heavy (non-hydrogen) atoms. The Morgan fingerprint density at radius 3 is 2.47 bits per heavy atom. The second-order valence-corrected chi connectivity index (χ2v) is 5.51. The van der Waals surface area contributed by atoms with Crippen molar-refractivity contribution in [2.45, 2.75) is 65.2 Å². The van der Waals surface area contributed by atoms with Gasteiger partial charge in [0, 0.05) is 0 Å². The SMILES string of the molecule is CCCCCCCCOc1ncnc(Cl)c1C(C)C. The number of rotatable bonds is 9. The van der Waals surface area contributed by atoms with Crippen LogP contribution in [0.1, 0.15) is 70.8 Å². The molecule has 0 bridgehead atoms. The summed E-state index contributed by atoms with van der Waals surface area (Å²) < 4.78 is 5.75. The van der Waals surface area contributed by atoms with Crippen LogP contribution >= 0.6 is 11.6 Å². The van der Waals surface area contributed by atoms with Gasteiger partial charge in [0.25, 0.3) is 0 Å². The first-order valence-corrected chi connectivity index (χ1v) is 7.67. The average molecular weight is 285 g/mol.